The molecule has 0 saturated heterocycles. The molecule has 0 aliphatic rings. The standard InChI is InChI=1S/C25H18F3N3/c1-29-19-9-11-20(12-10-19)31-23(15-24(30-31)25(26,27)28)18-8-13-22-17(14-18)7-6-16-4-2-3-5-21(16)22/h2-15,29H,1H3. The number of nitrogens with one attached hydrogen (secondary N) is 1. The van der Waals surface area contributed by atoms with E-state index < -0.39 is 11.9 Å². The monoisotopic (exact) mass is 417 g/mol. The van der Waals surface area contributed by atoms with Gasteiger partial charge in [0.2, 0.25) is 0 Å². The maximum atomic E-state index is 13.5. The van der Waals surface area contributed by atoms with E-state index in [0.29, 0.717) is 16.9 Å². The summed E-state index contributed by atoms with van der Waals surface area (Å²) in [6.45, 7) is 0. The zero-order valence-corrected chi connectivity index (χ0v) is 16.6. The number of fused-ring (bicyclic) bond motifs is 3. The van der Waals surface area contributed by atoms with Crippen molar-refractivity contribution in [2.75, 3.05) is 12.4 Å². The third-order valence-corrected chi connectivity index (χ3v) is 5.44. The Morgan fingerprint density at radius 2 is 1.48 bits per heavy atom. The van der Waals surface area contributed by atoms with Crippen LogP contribution in [-0.4, -0.2) is 16.8 Å². The van der Waals surface area contributed by atoms with Crippen LogP contribution in [-0.2, 0) is 6.18 Å². The molecule has 0 fully saturated rings. The normalized spacial score (nSPS) is 11.9. The number of hydrogen-bond donors (Lipinski definition) is 1. The van der Waals surface area contributed by atoms with Crippen LogP contribution >= 0.6 is 0 Å². The van der Waals surface area contributed by atoms with Crippen molar-refractivity contribution in [3.8, 4) is 16.9 Å². The molecule has 0 aliphatic heterocycles. The van der Waals surface area contributed by atoms with Gasteiger partial charge in [-0.2, -0.15) is 18.3 Å². The van der Waals surface area contributed by atoms with Gasteiger partial charge in [0.05, 0.1) is 11.4 Å². The minimum atomic E-state index is -4.53. The van der Waals surface area contributed by atoms with Crippen molar-refractivity contribution in [3.63, 3.8) is 0 Å². The van der Waals surface area contributed by atoms with E-state index in [1.165, 1.54) is 4.68 Å². The Labute approximate surface area is 176 Å². The van der Waals surface area contributed by atoms with E-state index in [0.717, 1.165) is 33.3 Å². The van der Waals surface area contributed by atoms with E-state index in [4.69, 9.17) is 0 Å². The highest BCUT2D eigenvalue weighted by Gasteiger charge is 2.35. The first kappa shape index (κ1) is 19.2. The van der Waals surface area contributed by atoms with E-state index >= 15 is 0 Å². The third-order valence-electron chi connectivity index (χ3n) is 5.44. The predicted octanol–water partition coefficient (Wildman–Crippen LogP) is 6.91. The second-order valence-electron chi connectivity index (χ2n) is 7.34. The van der Waals surface area contributed by atoms with Gasteiger partial charge in [0.15, 0.2) is 5.69 Å². The first-order valence-corrected chi connectivity index (χ1v) is 9.81. The van der Waals surface area contributed by atoms with Crippen molar-refractivity contribution >= 4 is 27.2 Å². The minimum absolute atomic E-state index is 0.389. The number of aromatic nitrogens is 2. The molecule has 0 spiro atoms. The number of nitrogens with zero attached hydrogens (tertiary/aromatic N) is 2. The number of halogens is 3. The number of hydrogen-bond acceptors (Lipinski definition) is 2. The largest absolute Gasteiger partial charge is 0.435 e. The van der Waals surface area contributed by atoms with E-state index in [-0.39, 0.29) is 0 Å². The van der Waals surface area contributed by atoms with E-state index in [1.54, 1.807) is 31.3 Å². The summed E-state index contributed by atoms with van der Waals surface area (Å²) >= 11 is 0. The van der Waals surface area contributed by atoms with Crippen LogP contribution in [0.4, 0.5) is 18.9 Å². The summed E-state index contributed by atoms with van der Waals surface area (Å²) in [6.07, 6.45) is -4.53. The van der Waals surface area contributed by atoms with Crippen LogP contribution in [0.25, 0.3) is 38.5 Å². The fraction of sp³-hybridized carbons (Fsp3) is 0.0800. The highest BCUT2D eigenvalue weighted by molar-refractivity contribution is 6.08. The van der Waals surface area contributed by atoms with Gasteiger partial charge in [-0.05, 0) is 57.9 Å². The van der Waals surface area contributed by atoms with Crippen LogP contribution in [0, 0.1) is 0 Å². The van der Waals surface area contributed by atoms with Crippen molar-refractivity contribution < 1.29 is 13.2 Å². The maximum Gasteiger partial charge on any atom is 0.435 e. The Hall–Kier alpha value is -3.80. The molecule has 3 nitrogen and oxygen atoms in total. The molecule has 5 aromatic rings. The maximum absolute atomic E-state index is 13.5. The topological polar surface area (TPSA) is 29.9 Å². The second kappa shape index (κ2) is 7.16. The van der Waals surface area contributed by atoms with E-state index in [1.807, 2.05) is 54.6 Å². The molecule has 0 unspecified atom stereocenters. The lowest BCUT2D eigenvalue weighted by atomic mass is 9.99. The zero-order valence-electron chi connectivity index (χ0n) is 16.6. The summed E-state index contributed by atoms with van der Waals surface area (Å²) in [5, 5.41) is 11.1. The van der Waals surface area contributed by atoms with Crippen molar-refractivity contribution in [2.24, 2.45) is 0 Å². The lowest BCUT2D eigenvalue weighted by molar-refractivity contribution is -0.141. The fourth-order valence-electron chi connectivity index (χ4n) is 3.86. The molecule has 0 bridgehead atoms. The lowest BCUT2D eigenvalue weighted by Crippen LogP contribution is -2.07. The van der Waals surface area contributed by atoms with Gasteiger partial charge in [0.25, 0.3) is 0 Å². The van der Waals surface area contributed by atoms with Crippen LogP contribution in [0.5, 0.6) is 0 Å². The summed E-state index contributed by atoms with van der Waals surface area (Å²) in [5.74, 6) is 0. The third kappa shape index (κ3) is 3.40. The average Bonchev–Trinajstić information content (AvgIpc) is 3.25. The lowest BCUT2D eigenvalue weighted by Gasteiger charge is -2.10. The van der Waals surface area contributed by atoms with Crippen molar-refractivity contribution in [1.82, 2.24) is 9.78 Å². The van der Waals surface area contributed by atoms with Crippen LogP contribution in [0.2, 0.25) is 0 Å². The van der Waals surface area contributed by atoms with Crippen molar-refractivity contribution in [2.45, 2.75) is 6.18 Å². The molecule has 1 N–H and O–H groups in total. The smallest absolute Gasteiger partial charge is 0.388 e. The van der Waals surface area contributed by atoms with Gasteiger partial charge in [-0.25, -0.2) is 4.68 Å². The van der Waals surface area contributed by atoms with Crippen LogP contribution in [0.3, 0.4) is 0 Å². The molecule has 31 heavy (non-hydrogen) atoms. The number of rotatable bonds is 3. The SMILES string of the molecule is CNc1ccc(-n2nc(C(F)(F)F)cc2-c2ccc3c(ccc4ccccc43)c2)cc1. The number of benzene rings is 4. The van der Waals surface area contributed by atoms with Gasteiger partial charge < -0.3 is 5.32 Å². The van der Waals surface area contributed by atoms with Gasteiger partial charge >= 0.3 is 6.18 Å². The van der Waals surface area contributed by atoms with Gasteiger partial charge in [-0.1, -0.05) is 48.5 Å². The Kier molecular flexibility index (Phi) is 4.43. The van der Waals surface area contributed by atoms with Gasteiger partial charge in [-0.15, -0.1) is 0 Å². The molecular weight excluding hydrogens is 399 g/mol. The van der Waals surface area contributed by atoms with Crippen LogP contribution in [0.15, 0.2) is 84.9 Å². The molecule has 154 valence electrons. The Balaban J connectivity index is 1.70. The Morgan fingerprint density at radius 3 is 2.23 bits per heavy atom. The summed E-state index contributed by atoms with van der Waals surface area (Å²) in [7, 11) is 1.79. The van der Waals surface area contributed by atoms with Crippen LogP contribution < -0.4 is 5.32 Å². The number of alkyl halides is 3. The summed E-state index contributed by atoms with van der Waals surface area (Å²) in [4.78, 5) is 0. The van der Waals surface area contributed by atoms with Crippen molar-refractivity contribution in [3.05, 3.63) is 90.6 Å². The molecule has 0 saturated carbocycles. The van der Waals surface area contributed by atoms with Crippen LogP contribution in [0.1, 0.15) is 5.69 Å². The van der Waals surface area contributed by atoms with Gasteiger partial charge in [0, 0.05) is 18.3 Å². The fourth-order valence-corrected chi connectivity index (χ4v) is 3.86. The average molecular weight is 417 g/mol. The molecule has 1 aromatic heterocycles. The Morgan fingerprint density at radius 1 is 0.774 bits per heavy atom. The van der Waals surface area contributed by atoms with E-state index in [9.17, 15) is 13.2 Å². The first-order valence-electron chi connectivity index (χ1n) is 9.81. The molecule has 4 aromatic carbocycles. The number of anilines is 1. The molecule has 0 aliphatic carbocycles. The molecule has 5 rings (SSSR count). The Bertz CT molecular complexity index is 1400. The molecule has 0 atom stereocenters. The molecular formula is C25H18F3N3. The van der Waals surface area contributed by atoms with Crippen molar-refractivity contribution in [1.29, 1.82) is 0 Å². The van der Waals surface area contributed by atoms with E-state index in [2.05, 4.69) is 10.4 Å². The minimum Gasteiger partial charge on any atom is -0.388 e. The predicted molar refractivity (Wildman–Crippen MR) is 119 cm³/mol. The summed E-state index contributed by atoms with van der Waals surface area (Å²) in [5.41, 5.74) is 1.57. The zero-order chi connectivity index (χ0) is 21.6. The van der Waals surface area contributed by atoms with Gasteiger partial charge in [-0.3, -0.25) is 0 Å². The molecule has 0 amide bonds. The summed E-state index contributed by atoms with van der Waals surface area (Å²) in [6, 6.07) is 26.0. The first-order chi connectivity index (χ1) is 14.9. The molecule has 1 heterocycles. The second-order valence-corrected chi connectivity index (χ2v) is 7.34. The highest BCUT2D eigenvalue weighted by Crippen LogP contribution is 2.35. The van der Waals surface area contributed by atoms with Gasteiger partial charge in [0.1, 0.15) is 0 Å². The highest BCUT2D eigenvalue weighted by atomic mass is 19.4. The molecule has 6 heteroatoms. The summed E-state index contributed by atoms with van der Waals surface area (Å²) < 4.78 is 41.8. The molecule has 0 radical (unpaired) electrons. The quantitative estimate of drug-likeness (QED) is 0.323.